The minimum absolute atomic E-state index is 0.0922. The molecule has 0 unspecified atom stereocenters. The second kappa shape index (κ2) is 10.1. The van der Waals surface area contributed by atoms with E-state index >= 15 is 0 Å². The number of hydrogen-bond acceptors (Lipinski definition) is 5. The van der Waals surface area contributed by atoms with Gasteiger partial charge in [-0.1, -0.05) is 45.2 Å². The number of ether oxygens (including phenoxy) is 2. The normalized spacial score (nSPS) is 16.6. The number of carbonyl (C=O) groups is 1. The average Bonchev–Trinajstić information content (AvgIpc) is 2.99. The van der Waals surface area contributed by atoms with E-state index in [1.807, 2.05) is 31.2 Å². The molecule has 0 aromatic heterocycles. The Balaban J connectivity index is 1.88. The topological polar surface area (TPSA) is 51.1 Å². The van der Waals surface area contributed by atoms with Gasteiger partial charge >= 0.3 is 0 Å². The number of nitrogens with zero attached hydrogens (tertiary/aromatic N) is 2. The van der Waals surface area contributed by atoms with Gasteiger partial charge in [-0.25, -0.2) is 0 Å². The van der Waals surface area contributed by atoms with Gasteiger partial charge in [-0.2, -0.15) is 0 Å². The van der Waals surface area contributed by atoms with E-state index in [-0.39, 0.29) is 5.91 Å². The van der Waals surface area contributed by atoms with Gasteiger partial charge in [-0.3, -0.25) is 14.7 Å². The van der Waals surface area contributed by atoms with Crippen LogP contribution in [-0.2, 0) is 11.4 Å². The SMILES string of the molecule is CCOc1cc(/C=C2/SC(=NC)N(C)C2=O)c(Br)cc1OCc1ccc(Cl)c(Cl)c1. The van der Waals surface area contributed by atoms with Gasteiger partial charge < -0.3 is 9.47 Å². The molecule has 158 valence electrons. The molecule has 0 bridgehead atoms. The molecule has 0 atom stereocenters. The van der Waals surface area contributed by atoms with Crippen LogP contribution in [0.15, 0.2) is 44.7 Å². The molecule has 1 fully saturated rings. The van der Waals surface area contributed by atoms with Gasteiger partial charge in [0.1, 0.15) is 6.61 Å². The molecule has 1 amide bonds. The number of halogens is 3. The number of aliphatic imine (C=N–C) groups is 1. The zero-order valence-electron chi connectivity index (χ0n) is 16.5. The maximum absolute atomic E-state index is 12.4. The first-order valence-corrected chi connectivity index (χ1v) is 11.4. The lowest BCUT2D eigenvalue weighted by molar-refractivity contribution is -0.121. The van der Waals surface area contributed by atoms with Crippen molar-refractivity contribution >= 4 is 68.0 Å². The van der Waals surface area contributed by atoms with E-state index in [1.54, 1.807) is 26.2 Å². The van der Waals surface area contributed by atoms with Crippen molar-refractivity contribution in [1.82, 2.24) is 4.90 Å². The molecule has 30 heavy (non-hydrogen) atoms. The van der Waals surface area contributed by atoms with E-state index in [0.717, 1.165) is 15.6 Å². The molecule has 0 aliphatic carbocycles. The summed E-state index contributed by atoms with van der Waals surface area (Å²) in [5, 5.41) is 1.63. The molecule has 1 aliphatic rings. The lowest BCUT2D eigenvalue weighted by atomic mass is 10.1. The van der Waals surface area contributed by atoms with Crippen LogP contribution in [0, 0.1) is 0 Å². The van der Waals surface area contributed by atoms with Gasteiger partial charge in [0.05, 0.1) is 21.6 Å². The average molecular weight is 530 g/mol. The summed E-state index contributed by atoms with van der Waals surface area (Å²) >= 11 is 17.0. The minimum atomic E-state index is -0.0922. The van der Waals surface area contributed by atoms with Crippen LogP contribution in [-0.4, -0.2) is 36.7 Å². The van der Waals surface area contributed by atoms with Crippen molar-refractivity contribution in [2.45, 2.75) is 13.5 Å². The number of benzene rings is 2. The molecule has 5 nitrogen and oxygen atoms in total. The smallest absolute Gasteiger partial charge is 0.266 e. The van der Waals surface area contributed by atoms with Crippen molar-refractivity contribution in [2.75, 3.05) is 20.7 Å². The van der Waals surface area contributed by atoms with E-state index < -0.39 is 0 Å². The molecule has 0 radical (unpaired) electrons. The zero-order valence-corrected chi connectivity index (χ0v) is 20.5. The molecule has 1 aliphatic heterocycles. The Labute approximate surface area is 198 Å². The number of hydrogen-bond donors (Lipinski definition) is 0. The number of carbonyl (C=O) groups excluding carboxylic acids is 1. The Morgan fingerprint density at radius 1 is 1.17 bits per heavy atom. The summed E-state index contributed by atoms with van der Waals surface area (Å²) in [4.78, 5) is 18.7. The zero-order chi connectivity index (χ0) is 21.8. The van der Waals surface area contributed by atoms with Crippen molar-refractivity contribution in [2.24, 2.45) is 4.99 Å². The minimum Gasteiger partial charge on any atom is -0.490 e. The van der Waals surface area contributed by atoms with E-state index in [2.05, 4.69) is 20.9 Å². The second-order valence-corrected chi connectivity index (χ2v) is 8.95. The fourth-order valence-electron chi connectivity index (χ4n) is 2.72. The van der Waals surface area contributed by atoms with E-state index in [9.17, 15) is 4.79 Å². The molecule has 2 aromatic rings. The third-order valence-electron chi connectivity index (χ3n) is 4.22. The Morgan fingerprint density at radius 2 is 1.90 bits per heavy atom. The second-order valence-electron chi connectivity index (χ2n) is 6.27. The summed E-state index contributed by atoms with van der Waals surface area (Å²) < 4.78 is 12.5. The number of likely N-dealkylation sites (N-methyl/N-ethyl adjacent to an activating group) is 1. The van der Waals surface area contributed by atoms with Crippen LogP contribution >= 0.6 is 50.9 Å². The summed E-state index contributed by atoms with van der Waals surface area (Å²) in [6, 6.07) is 9.04. The molecule has 1 heterocycles. The predicted octanol–water partition coefficient (Wildman–Crippen LogP) is 6.27. The van der Waals surface area contributed by atoms with E-state index in [1.165, 1.54) is 16.7 Å². The predicted molar refractivity (Wildman–Crippen MR) is 128 cm³/mol. The standard InChI is InChI=1S/C21H19BrCl2N2O3S/c1-4-28-17-8-13(9-19-20(27)26(3)21(25-2)30-19)14(22)10-18(17)29-11-12-5-6-15(23)16(24)7-12/h5-10H,4,11H2,1-3H3/b19-9+,25-21?. The van der Waals surface area contributed by atoms with Gasteiger partial charge in [0.2, 0.25) is 0 Å². The van der Waals surface area contributed by atoms with E-state index in [4.69, 9.17) is 32.7 Å². The molecule has 0 N–H and O–H groups in total. The summed E-state index contributed by atoms with van der Waals surface area (Å²) in [6.45, 7) is 2.68. The van der Waals surface area contributed by atoms with Crippen LogP contribution in [0.4, 0.5) is 0 Å². The van der Waals surface area contributed by atoms with Crippen molar-refractivity contribution < 1.29 is 14.3 Å². The summed E-state index contributed by atoms with van der Waals surface area (Å²) in [7, 11) is 3.37. The molecule has 0 spiro atoms. The summed E-state index contributed by atoms with van der Waals surface area (Å²) in [5.74, 6) is 1.07. The summed E-state index contributed by atoms with van der Waals surface area (Å²) in [6.07, 6.45) is 1.82. The van der Waals surface area contributed by atoms with Crippen LogP contribution < -0.4 is 9.47 Å². The lowest BCUT2D eigenvalue weighted by Gasteiger charge is -2.14. The Kier molecular flexibility index (Phi) is 7.74. The molecular weight excluding hydrogens is 511 g/mol. The largest absolute Gasteiger partial charge is 0.490 e. The maximum Gasteiger partial charge on any atom is 0.266 e. The molecule has 1 saturated heterocycles. The number of rotatable bonds is 6. The van der Waals surface area contributed by atoms with Gasteiger partial charge in [0, 0.05) is 18.6 Å². The highest BCUT2D eigenvalue weighted by Crippen LogP contribution is 2.38. The lowest BCUT2D eigenvalue weighted by Crippen LogP contribution is -2.23. The first-order chi connectivity index (χ1) is 14.3. The number of amidine groups is 1. The van der Waals surface area contributed by atoms with E-state index in [0.29, 0.717) is 44.8 Å². The van der Waals surface area contributed by atoms with Crippen LogP contribution in [0.3, 0.4) is 0 Å². The Hall–Kier alpha value is -1.67. The third kappa shape index (κ3) is 5.14. The molecule has 0 saturated carbocycles. The molecule has 3 rings (SSSR count). The molecule has 2 aromatic carbocycles. The fourth-order valence-corrected chi connectivity index (χ4v) is 4.40. The van der Waals surface area contributed by atoms with Crippen LogP contribution in [0.2, 0.25) is 10.0 Å². The van der Waals surface area contributed by atoms with Crippen LogP contribution in [0.1, 0.15) is 18.1 Å². The monoisotopic (exact) mass is 528 g/mol. The van der Waals surface area contributed by atoms with Crippen LogP contribution in [0.25, 0.3) is 6.08 Å². The molecule has 9 heteroatoms. The summed E-state index contributed by atoms with van der Waals surface area (Å²) in [5.41, 5.74) is 1.69. The van der Waals surface area contributed by atoms with Crippen molar-refractivity contribution in [1.29, 1.82) is 0 Å². The quantitative estimate of drug-likeness (QED) is 0.414. The maximum atomic E-state index is 12.4. The Morgan fingerprint density at radius 3 is 2.53 bits per heavy atom. The highest BCUT2D eigenvalue weighted by molar-refractivity contribution is 9.10. The van der Waals surface area contributed by atoms with Crippen LogP contribution in [0.5, 0.6) is 11.5 Å². The van der Waals surface area contributed by atoms with Crippen molar-refractivity contribution in [3.8, 4) is 11.5 Å². The first-order valence-electron chi connectivity index (χ1n) is 9.01. The fraction of sp³-hybridized carbons (Fsp3) is 0.238. The van der Waals surface area contributed by atoms with Gasteiger partial charge in [-0.15, -0.1) is 0 Å². The highest BCUT2D eigenvalue weighted by Gasteiger charge is 2.30. The first kappa shape index (κ1) is 23.0. The van der Waals surface area contributed by atoms with Gasteiger partial charge in [0.25, 0.3) is 5.91 Å². The van der Waals surface area contributed by atoms with Crippen molar-refractivity contribution in [3.63, 3.8) is 0 Å². The van der Waals surface area contributed by atoms with Crippen molar-refractivity contribution in [3.05, 3.63) is 60.9 Å². The van der Waals surface area contributed by atoms with Gasteiger partial charge in [0.15, 0.2) is 16.7 Å². The molecular formula is C21H19BrCl2N2O3S. The highest BCUT2D eigenvalue weighted by atomic mass is 79.9. The third-order valence-corrected chi connectivity index (χ3v) is 6.80. The van der Waals surface area contributed by atoms with Gasteiger partial charge in [-0.05, 0) is 60.2 Å². The Bertz CT molecular complexity index is 1040. The number of thioether (sulfide) groups is 1. The number of amides is 1.